The molecule has 2 rings (SSSR count). The van der Waals surface area contributed by atoms with Crippen molar-refractivity contribution < 1.29 is 19.0 Å². The van der Waals surface area contributed by atoms with Gasteiger partial charge in [0.15, 0.2) is 11.5 Å². The zero-order valence-corrected chi connectivity index (χ0v) is 15.3. The Labute approximate surface area is 148 Å². The lowest BCUT2D eigenvalue weighted by atomic mass is 9.87. The van der Waals surface area contributed by atoms with Gasteiger partial charge in [-0.2, -0.15) is 0 Å². The monoisotopic (exact) mass is 343 g/mol. The van der Waals surface area contributed by atoms with Gasteiger partial charge >= 0.3 is 0 Å². The van der Waals surface area contributed by atoms with Crippen LogP contribution in [0.15, 0.2) is 42.5 Å². The summed E-state index contributed by atoms with van der Waals surface area (Å²) in [4.78, 5) is 12.9. The Balaban J connectivity index is 2.32. The van der Waals surface area contributed by atoms with Gasteiger partial charge in [0.25, 0.3) is 0 Å². The Hall–Kier alpha value is -2.69. The quantitative estimate of drug-likeness (QED) is 0.823. The minimum atomic E-state index is -0.250. The fourth-order valence-electron chi connectivity index (χ4n) is 2.87. The zero-order valence-electron chi connectivity index (χ0n) is 15.3. The molecule has 0 bridgehead atoms. The highest BCUT2D eigenvalue weighted by Crippen LogP contribution is 2.40. The molecule has 0 aromatic heterocycles. The van der Waals surface area contributed by atoms with Gasteiger partial charge in [0.2, 0.25) is 11.7 Å². The third-order valence-corrected chi connectivity index (χ3v) is 4.04. The van der Waals surface area contributed by atoms with Crippen LogP contribution in [-0.2, 0) is 4.79 Å². The van der Waals surface area contributed by atoms with Crippen molar-refractivity contribution >= 4 is 11.6 Å². The Bertz CT molecular complexity index is 688. The molecule has 1 unspecified atom stereocenters. The number of anilines is 1. The number of methoxy groups -OCH3 is 3. The maximum atomic E-state index is 12.9. The topological polar surface area (TPSA) is 56.8 Å². The van der Waals surface area contributed by atoms with Gasteiger partial charge in [0.1, 0.15) is 0 Å². The molecule has 5 heteroatoms. The molecule has 25 heavy (non-hydrogen) atoms. The number of hydrogen-bond acceptors (Lipinski definition) is 4. The summed E-state index contributed by atoms with van der Waals surface area (Å²) in [5, 5.41) is 2.97. The molecule has 134 valence electrons. The van der Waals surface area contributed by atoms with Crippen LogP contribution >= 0.6 is 0 Å². The smallest absolute Gasteiger partial charge is 0.232 e. The number of ether oxygens (including phenoxy) is 3. The predicted octanol–water partition coefficient (Wildman–Crippen LogP) is 4.09. The summed E-state index contributed by atoms with van der Waals surface area (Å²) >= 11 is 0. The number of hydrogen-bond donors (Lipinski definition) is 1. The standard InChI is InChI=1S/C20H25NO4/c1-13(2)18(14-9-7-6-8-10-14)20(22)21-15-11-16(23-3)19(25-5)17(12-15)24-4/h6-13,18H,1-5H3,(H,21,22). The fraction of sp³-hybridized carbons (Fsp3) is 0.350. The highest BCUT2D eigenvalue weighted by atomic mass is 16.5. The molecule has 0 aliphatic carbocycles. The molecule has 0 heterocycles. The molecule has 1 amide bonds. The number of carbonyl (C=O) groups excluding carboxylic acids is 1. The fourth-order valence-corrected chi connectivity index (χ4v) is 2.87. The number of benzene rings is 2. The normalized spacial score (nSPS) is 11.8. The van der Waals surface area contributed by atoms with E-state index in [1.54, 1.807) is 33.5 Å². The molecule has 0 aliphatic heterocycles. The Morgan fingerprint density at radius 2 is 1.48 bits per heavy atom. The number of amides is 1. The number of carbonyl (C=O) groups is 1. The van der Waals surface area contributed by atoms with E-state index in [0.29, 0.717) is 22.9 Å². The molecule has 0 aliphatic rings. The highest BCUT2D eigenvalue weighted by molar-refractivity contribution is 5.96. The average molecular weight is 343 g/mol. The van der Waals surface area contributed by atoms with Crippen LogP contribution in [0.4, 0.5) is 5.69 Å². The molecular weight excluding hydrogens is 318 g/mol. The third kappa shape index (κ3) is 4.24. The lowest BCUT2D eigenvalue weighted by Crippen LogP contribution is -2.25. The molecule has 0 fully saturated rings. The van der Waals surface area contributed by atoms with Crippen molar-refractivity contribution in [3.05, 3.63) is 48.0 Å². The van der Waals surface area contributed by atoms with E-state index in [0.717, 1.165) is 5.56 Å². The van der Waals surface area contributed by atoms with Crippen LogP contribution in [0, 0.1) is 5.92 Å². The second-order valence-electron chi connectivity index (χ2n) is 6.04. The number of rotatable bonds is 7. The van der Waals surface area contributed by atoms with Gasteiger partial charge in [-0.3, -0.25) is 4.79 Å². The summed E-state index contributed by atoms with van der Waals surface area (Å²) in [7, 11) is 4.64. The summed E-state index contributed by atoms with van der Waals surface area (Å²) < 4.78 is 16.0. The van der Waals surface area contributed by atoms with Crippen molar-refractivity contribution in [2.45, 2.75) is 19.8 Å². The molecule has 0 spiro atoms. The maximum Gasteiger partial charge on any atom is 0.232 e. The molecule has 0 saturated carbocycles. The molecule has 0 saturated heterocycles. The van der Waals surface area contributed by atoms with Crippen LogP contribution in [0.5, 0.6) is 17.2 Å². The minimum absolute atomic E-state index is 0.0736. The van der Waals surface area contributed by atoms with Crippen LogP contribution < -0.4 is 19.5 Å². The molecule has 2 aromatic rings. The first kappa shape index (κ1) is 18.6. The van der Waals surface area contributed by atoms with Crippen LogP contribution in [0.3, 0.4) is 0 Å². The first-order valence-electron chi connectivity index (χ1n) is 8.17. The van der Waals surface area contributed by atoms with E-state index < -0.39 is 0 Å². The summed E-state index contributed by atoms with van der Waals surface area (Å²) in [6, 6.07) is 13.2. The third-order valence-electron chi connectivity index (χ3n) is 4.04. The highest BCUT2D eigenvalue weighted by Gasteiger charge is 2.25. The maximum absolute atomic E-state index is 12.9. The van der Waals surface area contributed by atoms with Gasteiger partial charge in [-0.1, -0.05) is 44.2 Å². The lowest BCUT2D eigenvalue weighted by Gasteiger charge is -2.21. The molecular formula is C20H25NO4. The second kappa shape index (κ2) is 8.42. The Morgan fingerprint density at radius 1 is 0.920 bits per heavy atom. The van der Waals surface area contributed by atoms with E-state index in [-0.39, 0.29) is 17.7 Å². The predicted molar refractivity (Wildman–Crippen MR) is 98.7 cm³/mol. The van der Waals surface area contributed by atoms with Gasteiger partial charge in [-0.15, -0.1) is 0 Å². The summed E-state index contributed by atoms with van der Waals surface area (Å²) in [5.74, 6) is 1.32. The van der Waals surface area contributed by atoms with Crippen molar-refractivity contribution in [1.29, 1.82) is 0 Å². The zero-order chi connectivity index (χ0) is 18.4. The van der Waals surface area contributed by atoms with Crippen LogP contribution in [-0.4, -0.2) is 27.2 Å². The van der Waals surface area contributed by atoms with E-state index in [2.05, 4.69) is 5.32 Å². The summed E-state index contributed by atoms with van der Waals surface area (Å²) in [6.45, 7) is 4.07. The number of nitrogens with one attached hydrogen (secondary N) is 1. The lowest BCUT2D eigenvalue weighted by molar-refractivity contribution is -0.118. The molecule has 1 N–H and O–H groups in total. The van der Waals surface area contributed by atoms with E-state index in [9.17, 15) is 4.79 Å². The van der Waals surface area contributed by atoms with Crippen molar-refractivity contribution in [2.75, 3.05) is 26.6 Å². The van der Waals surface area contributed by atoms with Gasteiger partial charge in [-0.25, -0.2) is 0 Å². The van der Waals surface area contributed by atoms with Gasteiger partial charge in [0, 0.05) is 17.8 Å². The van der Waals surface area contributed by atoms with Crippen LogP contribution in [0.1, 0.15) is 25.3 Å². The van der Waals surface area contributed by atoms with Crippen molar-refractivity contribution in [3.8, 4) is 17.2 Å². The van der Waals surface area contributed by atoms with Crippen LogP contribution in [0.2, 0.25) is 0 Å². The first-order valence-corrected chi connectivity index (χ1v) is 8.17. The average Bonchev–Trinajstić information content (AvgIpc) is 2.61. The molecule has 1 atom stereocenters. The van der Waals surface area contributed by atoms with Crippen molar-refractivity contribution in [1.82, 2.24) is 0 Å². The first-order chi connectivity index (χ1) is 12.0. The summed E-state index contributed by atoms with van der Waals surface area (Å²) in [5.41, 5.74) is 1.59. The van der Waals surface area contributed by atoms with Crippen molar-refractivity contribution in [3.63, 3.8) is 0 Å². The van der Waals surface area contributed by atoms with Gasteiger partial charge in [-0.05, 0) is 11.5 Å². The SMILES string of the molecule is COc1cc(NC(=O)C(c2ccccc2)C(C)C)cc(OC)c1OC. The van der Waals surface area contributed by atoms with Crippen molar-refractivity contribution in [2.24, 2.45) is 5.92 Å². The minimum Gasteiger partial charge on any atom is -0.493 e. The molecule has 0 radical (unpaired) electrons. The van der Waals surface area contributed by atoms with Gasteiger partial charge in [0.05, 0.1) is 27.2 Å². The van der Waals surface area contributed by atoms with E-state index >= 15 is 0 Å². The van der Waals surface area contributed by atoms with E-state index in [1.807, 2.05) is 44.2 Å². The molecule has 5 nitrogen and oxygen atoms in total. The Morgan fingerprint density at radius 3 is 1.92 bits per heavy atom. The van der Waals surface area contributed by atoms with E-state index in [1.165, 1.54) is 0 Å². The summed E-state index contributed by atoms with van der Waals surface area (Å²) in [6.07, 6.45) is 0. The van der Waals surface area contributed by atoms with Crippen LogP contribution in [0.25, 0.3) is 0 Å². The second-order valence-corrected chi connectivity index (χ2v) is 6.04. The largest absolute Gasteiger partial charge is 0.493 e. The molecule has 2 aromatic carbocycles. The van der Waals surface area contributed by atoms with Gasteiger partial charge < -0.3 is 19.5 Å². The Kier molecular flexibility index (Phi) is 6.28. The van der Waals surface area contributed by atoms with E-state index in [4.69, 9.17) is 14.2 Å².